The molecule has 0 aliphatic rings. The standard InChI is InChI=1S/C15H21ClO2/c1-13(12-17)6-4-2-3-5-11-18-15-9-7-14(16)8-10-15/h7-10,17H,1-6,11-12H2. The van der Waals surface area contributed by atoms with Crippen molar-refractivity contribution < 1.29 is 9.84 Å². The molecule has 0 heterocycles. The topological polar surface area (TPSA) is 29.5 Å². The first-order chi connectivity index (χ1) is 8.72. The van der Waals surface area contributed by atoms with Crippen molar-refractivity contribution in [2.45, 2.75) is 32.1 Å². The highest BCUT2D eigenvalue weighted by molar-refractivity contribution is 6.30. The minimum atomic E-state index is 0.111. The lowest BCUT2D eigenvalue weighted by atomic mass is 10.1. The molecule has 0 radical (unpaired) electrons. The maximum Gasteiger partial charge on any atom is 0.119 e. The average Bonchev–Trinajstić information content (AvgIpc) is 2.39. The Morgan fingerprint density at radius 2 is 1.78 bits per heavy atom. The largest absolute Gasteiger partial charge is 0.494 e. The molecule has 1 rings (SSSR count). The predicted molar refractivity (Wildman–Crippen MR) is 76.3 cm³/mol. The van der Waals surface area contributed by atoms with E-state index in [1.165, 1.54) is 0 Å². The highest BCUT2D eigenvalue weighted by Crippen LogP contribution is 2.16. The summed E-state index contributed by atoms with van der Waals surface area (Å²) in [6.45, 7) is 4.62. The first kappa shape index (κ1) is 15.1. The quantitative estimate of drug-likeness (QED) is 0.537. The number of aliphatic hydroxyl groups is 1. The zero-order valence-electron chi connectivity index (χ0n) is 10.7. The van der Waals surface area contributed by atoms with E-state index in [4.69, 9.17) is 21.4 Å². The number of aliphatic hydroxyl groups excluding tert-OH is 1. The van der Waals surface area contributed by atoms with Gasteiger partial charge in [0.1, 0.15) is 5.75 Å². The third-order valence-corrected chi connectivity index (χ3v) is 2.98. The Morgan fingerprint density at radius 3 is 2.44 bits per heavy atom. The Bertz CT molecular complexity index is 346. The van der Waals surface area contributed by atoms with Crippen LogP contribution in [0.2, 0.25) is 5.02 Å². The number of halogens is 1. The predicted octanol–water partition coefficient (Wildman–Crippen LogP) is 4.22. The van der Waals surface area contributed by atoms with Gasteiger partial charge in [-0.3, -0.25) is 0 Å². The van der Waals surface area contributed by atoms with Crippen molar-refractivity contribution in [2.24, 2.45) is 0 Å². The van der Waals surface area contributed by atoms with Gasteiger partial charge >= 0.3 is 0 Å². The summed E-state index contributed by atoms with van der Waals surface area (Å²) in [5.41, 5.74) is 0.924. The monoisotopic (exact) mass is 268 g/mol. The molecule has 0 spiro atoms. The van der Waals surface area contributed by atoms with Crippen molar-refractivity contribution in [1.29, 1.82) is 0 Å². The zero-order valence-corrected chi connectivity index (χ0v) is 11.5. The van der Waals surface area contributed by atoms with Crippen LogP contribution in [0.25, 0.3) is 0 Å². The number of hydrogen-bond acceptors (Lipinski definition) is 2. The molecular formula is C15H21ClO2. The molecule has 2 nitrogen and oxygen atoms in total. The first-order valence-corrected chi connectivity index (χ1v) is 6.76. The Balaban J connectivity index is 1.99. The van der Waals surface area contributed by atoms with Crippen LogP contribution in [0.1, 0.15) is 32.1 Å². The third kappa shape index (κ3) is 6.67. The summed E-state index contributed by atoms with van der Waals surface area (Å²) < 4.78 is 5.59. The van der Waals surface area contributed by atoms with E-state index in [9.17, 15) is 0 Å². The van der Waals surface area contributed by atoms with E-state index in [0.717, 1.165) is 55.1 Å². The summed E-state index contributed by atoms with van der Waals surface area (Å²) in [5.74, 6) is 0.869. The van der Waals surface area contributed by atoms with Crippen LogP contribution >= 0.6 is 11.6 Å². The summed E-state index contributed by atoms with van der Waals surface area (Å²) >= 11 is 5.79. The summed E-state index contributed by atoms with van der Waals surface area (Å²) in [6, 6.07) is 7.43. The molecule has 0 bridgehead atoms. The van der Waals surface area contributed by atoms with Crippen molar-refractivity contribution in [1.82, 2.24) is 0 Å². The molecule has 0 aliphatic carbocycles. The van der Waals surface area contributed by atoms with Crippen LogP contribution < -0.4 is 4.74 Å². The Morgan fingerprint density at radius 1 is 1.11 bits per heavy atom. The summed E-state index contributed by atoms with van der Waals surface area (Å²) in [4.78, 5) is 0. The van der Waals surface area contributed by atoms with E-state index in [1.54, 1.807) is 0 Å². The van der Waals surface area contributed by atoms with Crippen molar-refractivity contribution in [3.63, 3.8) is 0 Å². The van der Waals surface area contributed by atoms with E-state index < -0.39 is 0 Å². The van der Waals surface area contributed by atoms with Gasteiger partial charge in [0.25, 0.3) is 0 Å². The molecule has 1 aromatic carbocycles. The number of rotatable bonds is 9. The van der Waals surface area contributed by atoms with E-state index >= 15 is 0 Å². The van der Waals surface area contributed by atoms with Crippen LogP contribution in [0.4, 0.5) is 0 Å². The van der Waals surface area contributed by atoms with Crippen molar-refractivity contribution in [3.8, 4) is 5.75 Å². The second-order valence-corrected chi connectivity index (χ2v) is 4.81. The average molecular weight is 269 g/mol. The van der Waals surface area contributed by atoms with Crippen LogP contribution in [-0.2, 0) is 0 Å². The number of ether oxygens (including phenoxy) is 1. The van der Waals surface area contributed by atoms with Gasteiger partial charge < -0.3 is 9.84 Å². The van der Waals surface area contributed by atoms with Gasteiger partial charge in [-0.25, -0.2) is 0 Å². The van der Waals surface area contributed by atoms with Crippen molar-refractivity contribution in [2.75, 3.05) is 13.2 Å². The Hall–Kier alpha value is -0.990. The van der Waals surface area contributed by atoms with Crippen LogP contribution in [0.3, 0.4) is 0 Å². The SMILES string of the molecule is C=C(CO)CCCCCCOc1ccc(Cl)cc1. The maximum atomic E-state index is 8.79. The molecule has 18 heavy (non-hydrogen) atoms. The van der Waals surface area contributed by atoms with E-state index in [-0.39, 0.29) is 6.61 Å². The van der Waals surface area contributed by atoms with Gasteiger partial charge in [0.2, 0.25) is 0 Å². The van der Waals surface area contributed by atoms with Gasteiger partial charge in [-0.2, -0.15) is 0 Å². The summed E-state index contributed by atoms with van der Waals surface area (Å²) in [6.07, 6.45) is 5.37. The molecule has 0 amide bonds. The fraction of sp³-hybridized carbons (Fsp3) is 0.467. The lowest BCUT2D eigenvalue weighted by Gasteiger charge is -2.06. The van der Waals surface area contributed by atoms with E-state index in [0.29, 0.717) is 0 Å². The molecular weight excluding hydrogens is 248 g/mol. The van der Waals surface area contributed by atoms with Gasteiger partial charge in [-0.05, 0) is 43.5 Å². The second kappa shape index (κ2) is 9.01. The van der Waals surface area contributed by atoms with Gasteiger partial charge in [0.05, 0.1) is 13.2 Å². The highest BCUT2D eigenvalue weighted by Gasteiger charge is 1.96. The molecule has 1 aromatic rings. The minimum absolute atomic E-state index is 0.111. The fourth-order valence-electron chi connectivity index (χ4n) is 1.63. The van der Waals surface area contributed by atoms with Gasteiger partial charge in [-0.15, -0.1) is 0 Å². The Kier molecular flexibility index (Phi) is 7.54. The number of unbranched alkanes of at least 4 members (excludes halogenated alkanes) is 3. The molecule has 0 saturated carbocycles. The summed E-state index contributed by atoms with van der Waals surface area (Å²) in [5, 5.41) is 9.52. The van der Waals surface area contributed by atoms with Gasteiger partial charge in [-0.1, -0.05) is 36.6 Å². The molecule has 0 fully saturated rings. The smallest absolute Gasteiger partial charge is 0.119 e. The lowest BCUT2D eigenvalue weighted by molar-refractivity contribution is 0.303. The maximum absolute atomic E-state index is 8.79. The van der Waals surface area contributed by atoms with Crippen LogP contribution in [0.15, 0.2) is 36.4 Å². The number of hydrogen-bond donors (Lipinski definition) is 1. The van der Waals surface area contributed by atoms with Gasteiger partial charge in [0, 0.05) is 5.02 Å². The van der Waals surface area contributed by atoms with Crippen molar-refractivity contribution in [3.05, 3.63) is 41.4 Å². The fourth-order valence-corrected chi connectivity index (χ4v) is 1.76. The molecule has 0 aromatic heterocycles. The number of benzene rings is 1. The summed E-state index contributed by atoms with van der Waals surface area (Å²) in [7, 11) is 0. The molecule has 0 unspecified atom stereocenters. The molecule has 1 N–H and O–H groups in total. The first-order valence-electron chi connectivity index (χ1n) is 6.38. The van der Waals surface area contributed by atoms with Crippen LogP contribution in [0.5, 0.6) is 5.75 Å². The second-order valence-electron chi connectivity index (χ2n) is 4.37. The third-order valence-electron chi connectivity index (χ3n) is 2.73. The minimum Gasteiger partial charge on any atom is -0.494 e. The molecule has 0 aliphatic heterocycles. The van der Waals surface area contributed by atoms with Crippen molar-refractivity contribution >= 4 is 11.6 Å². The Labute approximate surface area is 114 Å². The van der Waals surface area contributed by atoms with Crippen LogP contribution in [-0.4, -0.2) is 18.3 Å². The molecule has 3 heteroatoms. The highest BCUT2D eigenvalue weighted by atomic mass is 35.5. The zero-order chi connectivity index (χ0) is 13.2. The molecule has 0 saturated heterocycles. The lowest BCUT2D eigenvalue weighted by Crippen LogP contribution is -1.97. The van der Waals surface area contributed by atoms with E-state index in [1.807, 2.05) is 24.3 Å². The normalized spacial score (nSPS) is 10.3. The van der Waals surface area contributed by atoms with Crippen LogP contribution in [0, 0.1) is 0 Å². The van der Waals surface area contributed by atoms with Gasteiger partial charge in [0.15, 0.2) is 0 Å². The molecule has 100 valence electrons. The van der Waals surface area contributed by atoms with E-state index in [2.05, 4.69) is 6.58 Å². The molecule has 0 atom stereocenters.